The summed E-state index contributed by atoms with van der Waals surface area (Å²) in [4.78, 5) is 24.6. The molecule has 5 nitrogen and oxygen atoms in total. The Morgan fingerprint density at radius 3 is 2.54 bits per heavy atom. The molecule has 1 aliphatic carbocycles. The van der Waals surface area contributed by atoms with Crippen LogP contribution in [0.15, 0.2) is 30.3 Å². The lowest BCUT2D eigenvalue weighted by molar-refractivity contribution is -0.139. The summed E-state index contributed by atoms with van der Waals surface area (Å²) in [7, 11) is 0. The molecular weight excluding hydrogens is 328 g/mol. The predicted molar refractivity (Wildman–Crippen MR) is 100 cm³/mol. The van der Waals surface area contributed by atoms with Gasteiger partial charge in [-0.25, -0.2) is 0 Å². The summed E-state index contributed by atoms with van der Waals surface area (Å²) >= 11 is 0. The minimum atomic E-state index is -0.543. The Balaban J connectivity index is 1.54. The molecule has 1 saturated carbocycles. The van der Waals surface area contributed by atoms with Crippen LogP contribution in [0.2, 0.25) is 0 Å². The highest BCUT2D eigenvalue weighted by Gasteiger charge is 2.27. The lowest BCUT2D eigenvalue weighted by Crippen LogP contribution is -2.44. The van der Waals surface area contributed by atoms with Crippen LogP contribution in [0.4, 0.5) is 0 Å². The quantitative estimate of drug-likeness (QED) is 0.737. The second kappa shape index (κ2) is 9.17. The zero-order valence-corrected chi connectivity index (χ0v) is 15.6. The Bertz CT molecular complexity index is 595. The van der Waals surface area contributed by atoms with E-state index in [0.717, 1.165) is 31.6 Å². The van der Waals surface area contributed by atoms with Gasteiger partial charge in [-0.3, -0.25) is 9.59 Å². The van der Waals surface area contributed by atoms with Crippen LogP contribution in [0.1, 0.15) is 50.6 Å². The molecule has 1 aromatic rings. The van der Waals surface area contributed by atoms with Crippen molar-refractivity contribution in [2.45, 2.75) is 45.1 Å². The standard InChI is InChI=1S/C21H30N2O3/c1-15(17-8-5-9-17)13-22-20(24)21(25)23-19(12-16-10-11-26-14-16)18-6-3-2-4-7-18/h2-4,6-7,15-17,19H,5,8-14H2,1H3,(H,22,24)(H,23,25). The van der Waals surface area contributed by atoms with Crippen LogP contribution in [0.5, 0.6) is 0 Å². The van der Waals surface area contributed by atoms with E-state index in [4.69, 9.17) is 4.74 Å². The van der Waals surface area contributed by atoms with E-state index in [-0.39, 0.29) is 6.04 Å². The molecule has 2 fully saturated rings. The lowest BCUT2D eigenvalue weighted by Gasteiger charge is -2.31. The van der Waals surface area contributed by atoms with Gasteiger partial charge >= 0.3 is 11.8 Å². The summed E-state index contributed by atoms with van der Waals surface area (Å²) in [6.07, 6.45) is 5.56. The van der Waals surface area contributed by atoms with Crippen molar-refractivity contribution in [2.24, 2.45) is 17.8 Å². The van der Waals surface area contributed by atoms with Crippen LogP contribution in [0.25, 0.3) is 0 Å². The third-order valence-electron chi connectivity index (χ3n) is 5.85. The van der Waals surface area contributed by atoms with E-state index < -0.39 is 11.8 Å². The van der Waals surface area contributed by atoms with E-state index in [9.17, 15) is 9.59 Å². The topological polar surface area (TPSA) is 67.4 Å². The summed E-state index contributed by atoms with van der Waals surface area (Å²) in [5, 5.41) is 5.74. The largest absolute Gasteiger partial charge is 0.381 e. The SMILES string of the molecule is CC(CNC(=O)C(=O)NC(CC1CCOC1)c1ccccc1)C1CCC1. The second-order valence-corrected chi connectivity index (χ2v) is 7.78. The molecule has 0 spiro atoms. The minimum absolute atomic E-state index is 0.162. The molecule has 26 heavy (non-hydrogen) atoms. The molecule has 2 amide bonds. The number of benzene rings is 1. The van der Waals surface area contributed by atoms with Gasteiger partial charge < -0.3 is 15.4 Å². The van der Waals surface area contributed by atoms with E-state index in [1.165, 1.54) is 19.3 Å². The number of hydrogen-bond donors (Lipinski definition) is 2. The monoisotopic (exact) mass is 358 g/mol. The molecule has 3 atom stereocenters. The Morgan fingerprint density at radius 1 is 1.15 bits per heavy atom. The van der Waals surface area contributed by atoms with Gasteiger partial charge in [0.05, 0.1) is 6.04 Å². The van der Waals surface area contributed by atoms with Gasteiger partial charge in [0.25, 0.3) is 0 Å². The molecule has 0 radical (unpaired) electrons. The number of amides is 2. The summed E-state index contributed by atoms with van der Waals surface area (Å²) in [6, 6.07) is 9.70. The molecule has 3 unspecified atom stereocenters. The molecule has 1 heterocycles. The molecule has 5 heteroatoms. The van der Waals surface area contributed by atoms with Crippen molar-refractivity contribution in [1.82, 2.24) is 10.6 Å². The van der Waals surface area contributed by atoms with Crippen LogP contribution >= 0.6 is 0 Å². The number of ether oxygens (including phenoxy) is 1. The second-order valence-electron chi connectivity index (χ2n) is 7.78. The summed E-state index contributed by atoms with van der Waals surface area (Å²) in [5.74, 6) is 0.472. The minimum Gasteiger partial charge on any atom is -0.381 e. The molecule has 142 valence electrons. The molecule has 1 aliphatic heterocycles. The molecule has 1 saturated heterocycles. The van der Waals surface area contributed by atoms with E-state index in [2.05, 4.69) is 17.6 Å². The average Bonchev–Trinajstić information content (AvgIpc) is 3.11. The third kappa shape index (κ3) is 5.07. The summed E-state index contributed by atoms with van der Waals surface area (Å²) in [6.45, 7) is 4.22. The van der Waals surface area contributed by atoms with Crippen molar-refractivity contribution in [1.29, 1.82) is 0 Å². The number of carbonyl (C=O) groups is 2. The van der Waals surface area contributed by atoms with E-state index in [0.29, 0.717) is 24.3 Å². The van der Waals surface area contributed by atoms with Crippen molar-refractivity contribution in [3.05, 3.63) is 35.9 Å². The van der Waals surface area contributed by atoms with Gasteiger partial charge in [0.15, 0.2) is 0 Å². The molecule has 0 bridgehead atoms. The number of nitrogens with one attached hydrogen (secondary N) is 2. The maximum absolute atomic E-state index is 12.4. The first kappa shape index (κ1) is 18.9. The highest BCUT2D eigenvalue weighted by molar-refractivity contribution is 6.35. The Morgan fingerprint density at radius 2 is 1.92 bits per heavy atom. The summed E-state index contributed by atoms with van der Waals surface area (Å²) in [5.41, 5.74) is 1.03. The number of rotatable bonds is 7. The van der Waals surface area contributed by atoms with Crippen LogP contribution in [-0.4, -0.2) is 31.6 Å². The zero-order valence-electron chi connectivity index (χ0n) is 15.6. The van der Waals surface area contributed by atoms with Crippen molar-refractivity contribution < 1.29 is 14.3 Å². The maximum Gasteiger partial charge on any atom is 0.309 e. The predicted octanol–water partition coefficient (Wildman–Crippen LogP) is 2.82. The molecular formula is C21H30N2O3. The number of carbonyl (C=O) groups excluding carboxylic acids is 2. The van der Waals surface area contributed by atoms with Gasteiger partial charge in [-0.1, -0.05) is 56.5 Å². The fourth-order valence-corrected chi connectivity index (χ4v) is 3.80. The van der Waals surface area contributed by atoms with Gasteiger partial charge in [-0.05, 0) is 36.2 Å². The van der Waals surface area contributed by atoms with Crippen LogP contribution in [-0.2, 0) is 14.3 Å². The maximum atomic E-state index is 12.4. The van der Waals surface area contributed by atoms with Crippen molar-refractivity contribution in [2.75, 3.05) is 19.8 Å². The zero-order chi connectivity index (χ0) is 18.4. The molecule has 1 aromatic carbocycles. The Labute approximate surface area is 155 Å². The third-order valence-corrected chi connectivity index (χ3v) is 5.85. The van der Waals surface area contributed by atoms with Crippen molar-refractivity contribution >= 4 is 11.8 Å². The fraction of sp³-hybridized carbons (Fsp3) is 0.619. The fourth-order valence-electron chi connectivity index (χ4n) is 3.80. The molecule has 0 aromatic heterocycles. The first-order valence-electron chi connectivity index (χ1n) is 9.85. The van der Waals surface area contributed by atoms with Crippen molar-refractivity contribution in [3.63, 3.8) is 0 Å². The Hall–Kier alpha value is -1.88. The highest BCUT2D eigenvalue weighted by Crippen LogP contribution is 2.32. The highest BCUT2D eigenvalue weighted by atomic mass is 16.5. The van der Waals surface area contributed by atoms with Gasteiger partial charge in [-0.15, -0.1) is 0 Å². The number of hydrogen-bond acceptors (Lipinski definition) is 3. The smallest absolute Gasteiger partial charge is 0.309 e. The Kier molecular flexibility index (Phi) is 6.67. The first-order chi connectivity index (χ1) is 12.6. The molecule has 2 N–H and O–H groups in total. The van der Waals surface area contributed by atoms with Crippen LogP contribution in [0.3, 0.4) is 0 Å². The van der Waals surface area contributed by atoms with E-state index in [1.807, 2.05) is 30.3 Å². The van der Waals surface area contributed by atoms with Gasteiger partial charge in [0.2, 0.25) is 0 Å². The van der Waals surface area contributed by atoms with Gasteiger partial charge in [-0.2, -0.15) is 0 Å². The van der Waals surface area contributed by atoms with Crippen LogP contribution < -0.4 is 10.6 Å². The van der Waals surface area contributed by atoms with E-state index >= 15 is 0 Å². The first-order valence-corrected chi connectivity index (χ1v) is 9.85. The normalized spacial score (nSPS) is 22.3. The van der Waals surface area contributed by atoms with Gasteiger partial charge in [0, 0.05) is 19.8 Å². The summed E-state index contributed by atoms with van der Waals surface area (Å²) < 4.78 is 5.46. The van der Waals surface area contributed by atoms with Crippen LogP contribution in [0, 0.1) is 17.8 Å². The molecule has 2 aliphatic rings. The van der Waals surface area contributed by atoms with Gasteiger partial charge in [0.1, 0.15) is 0 Å². The average molecular weight is 358 g/mol. The molecule has 3 rings (SSSR count). The van der Waals surface area contributed by atoms with E-state index in [1.54, 1.807) is 0 Å². The lowest BCUT2D eigenvalue weighted by atomic mass is 9.77. The van der Waals surface area contributed by atoms with Crippen molar-refractivity contribution in [3.8, 4) is 0 Å².